The molecule has 0 radical (unpaired) electrons. The first-order chi connectivity index (χ1) is 17.5. The molecule has 0 saturated carbocycles. The van der Waals surface area contributed by atoms with E-state index in [4.69, 9.17) is 19.9 Å². The zero-order valence-corrected chi connectivity index (χ0v) is 21.9. The van der Waals surface area contributed by atoms with Crippen molar-refractivity contribution in [2.45, 2.75) is 63.8 Å². The Balaban J connectivity index is 0.00000336. The molecule has 10 nitrogen and oxygen atoms in total. The SMILES string of the molecule is COc1cccc2c1C(=O)c1c(O)c3c(c(O)c1C2=O)CC(C(C)=O)CC3OC1CC(N)C(O)C(C)O1.Cl. The summed E-state index contributed by atoms with van der Waals surface area (Å²) < 4.78 is 17.2. The molecule has 2 aromatic rings. The number of carbonyl (C=O) groups excluding carboxylic acids is 3. The van der Waals surface area contributed by atoms with E-state index in [1.165, 1.54) is 26.2 Å². The number of benzene rings is 2. The van der Waals surface area contributed by atoms with Crippen molar-refractivity contribution < 1.29 is 43.9 Å². The summed E-state index contributed by atoms with van der Waals surface area (Å²) in [6.07, 6.45) is -2.95. The fourth-order valence-electron chi connectivity index (χ4n) is 5.67. The molecule has 204 valence electrons. The first-order valence-corrected chi connectivity index (χ1v) is 12.2. The van der Waals surface area contributed by atoms with E-state index in [-0.39, 0.29) is 76.6 Å². The quantitative estimate of drug-likeness (QED) is 0.356. The van der Waals surface area contributed by atoms with Crippen molar-refractivity contribution in [3.8, 4) is 17.2 Å². The molecule has 1 aliphatic heterocycles. The third-order valence-corrected chi connectivity index (χ3v) is 7.67. The minimum absolute atomic E-state index is 0. The van der Waals surface area contributed by atoms with Crippen LogP contribution in [0.3, 0.4) is 0 Å². The van der Waals surface area contributed by atoms with Crippen LogP contribution in [0.5, 0.6) is 17.2 Å². The van der Waals surface area contributed by atoms with Crippen molar-refractivity contribution >= 4 is 29.8 Å². The van der Waals surface area contributed by atoms with Crippen LogP contribution in [0.2, 0.25) is 0 Å². The summed E-state index contributed by atoms with van der Waals surface area (Å²) in [5.74, 6) is -2.80. The molecular weight excluding hydrogens is 518 g/mol. The van der Waals surface area contributed by atoms with Crippen LogP contribution in [-0.4, -0.2) is 64.3 Å². The van der Waals surface area contributed by atoms with Gasteiger partial charge in [-0.25, -0.2) is 0 Å². The standard InChI is InChI=1S/C27H29NO9.ClH/c1-10(29)12-7-14-20(17(8-12)37-18-9-15(28)23(30)11(2)36-18)27(34)22-21(25(14)32)24(31)13-5-4-6-16(35-3)19(13)26(22)33;/h4-6,11-12,15,17-18,23,30,32,34H,7-9,28H2,1-3H3;1H. The molecule has 1 heterocycles. The maximum Gasteiger partial charge on any atom is 0.202 e. The highest BCUT2D eigenvalue weighted by molar-refractivity contribution is 6.31. The third-order valence-electron chi connectivity index (χ3n) is 7.67. The maximum atomic E-state index is 13.6. The number of aliphatic hydroxyl groups is 1. The normalized spacial score (nSPS) is 28.0. The van der Waals surface area contributed by atoms with Crippen molar-refractivity contribution in [1.29, 1.82) is 0 Å². The first kappa shape index (κ1) is 28.0. The van der Waals surface area contributed by atoms with Gasteiger partial charge in [-0.1, -0.05) is 12.1 Å². The number of halogens is 1. The van der Waals surface area contributed by atoms with Gasteiger partial charge in [0.05, 0.1) is 42.1 Å². The zero-order valence-electron chi connectivity index (χ0n) is 21.1. The average molecular weight is 548 g/mol. The highest BCUT2D eigenvalue weighted by Crippen LogP contribution is 2.51. The number of aliphatic hydroxyl groups excluding tert-OH is 1. The number of hydrogen-bond donors (Lipinski definition) is 4. The van der Waals surface area contributed by atoms with Crippen LogP contribution in [-0.2, 0) is 20.7 Å². The largest absolute Gasteiger partial charge is 0.507 e. The van der Waals surface area contributed by atoms with E-state index in [2.05, 4.69) is 0 Å². The van der Waals surface area contributed by atoms with E-state index >= 15 is 0 Å². The third kappa shape index (κ3) is 4.26. The Hall–Kier alpha value is -3.02. The summed E-state index contributed by atoms with van der Waals surface area (Å²) >= 11 is 0. The highest BCUT2D eigenvalue weighted by atomic mass is 35.5. The van der Waals surface area contributed by atoms with E-state index in [1.807, 2.05) is 0 Å². The van der Waals surface area contributed by atoms with Crippen LogP contribution in [0.4, 0.5) is 0 Å². The van der Waals surface area contributed by atoms with Gasteiger partial charge >= 0.3 is 0 Å². The number of ketones is 3. The van der Waals surface area contributed by atoms with E-state index in [9.17, 15) is 29.7 Å². The monoisotopic (exact) mass is 547 g/mol. The molecule has 3 aliphatic rings. The Bertz CT molecular complexity index is 1310. The summed E-state index contributed by atoms with van der Waals surface area (Å²) in [7, 11) is 1.37. The van der Waals surface area contributed by atoms with Gasteiger partial charge in [-0.05, 0) is 32.8 Å². The van der Waals surface area contributed by atoms with Crippen LogP contribution >= 0.6 is 12.4 Å². The van der Waals surface area contributed by atoms with Gasteiger partial charge in [0, 0.05) is 35.1 Å². The number of methoxy groups -OCH3 is 1. The lowest BCUT2D eigenvalue weighted by molar-refractivity contribution is -0.243. The molecule has 38 heavy (non-hydrogen) atoms. The fraction of sp³-hybridized carbons (Fsp3) is 0.444. The smallest absolute Gasteiger partial charge is 0.202 e. The molecule has 0 amide bonds. The van der Waals surface area contributed by atoms with E-state index < -0.39 is 59.6 Å². The molecule has 1 saturated heterocycles. The summed E-state index contributed by atoms with van der Waals surface area (Å²) in [4.78, 5) is 39.5. The molecule has 0 bridgehead atoms. The summed E-state index contributed by atoms with van der Waals surface area (Å²) in [6, 6.07) is 3.94. The molecule has 0 aromatic heterocycles. The van der Waals surface area contributed by atoms with Crippen LogP contribution in [0.15, 0.2) is 18.2 Å². The topological polar surface area (TPSA) is 166 Å². The van der Waals surface area contributed by atoms with Gasteiger partial charge in [0.15, 0.2) is 12.1 Å². The number of hydrogen-bond acceptors (Lipinski definition) is 10. The minimum Gasteiger partial charge on any atom is -0.507 e. The zero-order chi connectivity index (χ0) is 26.8. The van der Waals surface area contributed by atoms with Gasteiger partial charge in [0.25, 0.3) is 0 Å². The molecule has 2 aliphatic carbocycles. The Labute approximate surface area is 225 Å². The number of fused-ring (bicyclic) bond motifs is 3. The molecule has 5 rings (SSSR count). The summed E-state index contributed by atoms with van der Waals surface area (Å²) in [5, 5.41) is 32.9. The van der Waals surface area contributed by atoms with Crippen molar-refractivity contribution in [3.05, 3.63) is 51.6 Å². The van der Waals surface area contributed by atoms with E-state index in [0.29, 0.717) is 0 Å². The van der Waals surface area contributed by atoms with Gasteiger partial charge in [0.2, 0.25) is 5.78 Å². The molecule has 2 aromatic carbocycles. The number of rotatable bonds is 4. The van der Waals surface area contributed by atoms with Gasteiger partial charge in [-0.15, -0.1) is 12.4 Å². The van der Waals surface area contributed by atoms with Crippen molar-refractivity contribution in [1.82, 2.24) is 0 Å². The highest BCUT2D eigenvalue weighted by Gasteiger charge is 2.44. The molecule has 6 unspecified atom stereocenters. The van der Waals surface area contributed by atoms with Gasteiger partial charge in [-0.3, -0.25) is 14.4 Å². The molecule has 5 N–H and O–H groups in total. The number of nitrogens with two attached hydrogens (primary N) is 1. The number of ether oxygens (including phenoxy) is 3. The lowest BCUT2D eigenvalue weighted by Crippen LogP contribution is -2.52. The lowest BCUT2D eigenvalue weighted by Gasteiger charge is -2.40. The second-order valence-electron chi connectivity index (χ2n) is 9.91. The first-order valence-electron chi connectivity index (χ1n) is 12.2. The molecule has 11 heteroatoms. The van der Waals surface area contributed by atoms with Crippen molar-refractivity contribution in [3.63, 3.8) is 0 Å². The Morgan fingerprint density at radius 3 is 2.39 bits per heavy atom. The minimum atomic E-state index is -0.949. The average Bonchev–Trinajstić information content (AvgIpc) is 2.86. The van der Waals surface area contributed by atoms with E-state index in [1.54, 1.807) is 13.0 Å². The Morgan fingerprint density at radius 2 is 1.76 bits per heavy atom. The van der Waals surface area contributed by atoms with Crippen molar-refractivity contribution in [2.75, 3.05) is 7.11 Å². The predicted molar refractivity (Wildman–Crippen MR) is 136 cm³/mol. The second kappa shape index (κ2) is 10.3. The summed E-state index contributed by atoms with van der Waals surface area (Å²) in [6.45, 7) is 3.08. The molecular formula is C27H30ClNO9. The fourth-order valence-corrected chi connectivity index (χ4v) is 5.67. The lowest BCUT2D eigenvalue weighted by atomic mass is 9.74. The molecule has 0 spiro atoms. The number of phenolic OH excluding ortho intramolecular Hbond substituents is 2. The summed E-state index contributed by atoms with van der Waals surface area (Å²) in [5.41, 5.74) is 5.75. The number of phenols is 2. The molecule has 1 fully saturated rings. The number of aromatic hydroxyl groups is 2. The van der Waals surface area contributed by atoms with E-state index in [0.717, 1.165) is 0 Å². The Morgan fingerprint density at radius 1 is 1.08 bits per heavy atom. The van der Waals surface area contributed by atoms with Gasteiger partial charge < -0.3 is 35.3 Å². The maximum absolute atomic E-state index is 13.6. The predicted octanol–water partition coefficient (Wildman–Crippen LogP) is 2.34. The van der Waals surface area contributed by atoms with Gasteiger partial charge in [0.1, 0.15) is 23.0 Å². The van der Waals surface area contributed by atoms with Crippen LogP contribution < -0.4 is 10.5 Å². The second-order valence-corrected chi connectivity index (χ2v) is 9.91. The van der Waals surface area contributed by atoms with Crippen LogP contribution in [0.25, 0.3) is 0 Å². The number of carbonyl (C=O) groups is 3. The molecule has 6 atom stereocenters. The number of Topliss-reactive ketones (excluding diaryl/α,β-unsaturated/α-hetero) is 1. The van der Waals surface area contributed by atoms with Crippen LogP contribution in [0, 0.1) is 5.92 Å². The Kier molecular flexibility index (Phi) is 7.57. The van der Waals surface area contributed by atoms with Crippen LogP contribution in [0.1, 0.15) is 75.8 Å². The van der Waals surface area contributed by atoms with Crippen molar-refractivity contribution in [2.24, 2.45) is 11.7 Å². The van der Waals surface area contributed by atoms with Gasteiger partial charge in [-0.2, -0.15) is 0 Å².